The smallest absolute Gasteiger partial charge is 0.201 e. The second-order valence-electron chi connectivity index (χ2n) is 2.66. The molecule has 1 aromatic rings. The van der Waals surface area contributed by atoms with E-state index in [1.807, 2.05) is 19.9 Å². The Morgan fingerprint density at radius 2 is 1.85 bits per heavy atom. The van der Waals surface area contributed by atoms with Gasteiger partial charge in [-0.1, -0.05) is 0 Å². The molecule has 0 radical (unpaired) electrons. The first-order valence-corrected chi connectivity index (χ1v) is 4.95. The molecule has 72 valence electrons. The standard InChI is InChI=1S/C7H11N3O2S/c1-5-3-6(2)10-7(9-5)4-8-13(11)12/h3,13H,4H2,1-2H3,(H,8,11,12). The SMILES string of the molecule is Cc1cc(C)nc(CN[SH](=O)=O)n1. The summed E-state index contributed by atoms with van der Waals surface area (Å²) in [4.78, 5) is 8.13. The second-order valence-corrected chi connectivity index (χ2v) is 3.49. The fraction of sp³-hybridized carbons (Fsp3) is 0.429. The summed E-state index contributed by atoms with van der Waals surface area (Å²) in [6, 6.07) is 1.83. The van der Waals surface area contributed by atoms with E-state index >= 15 is 0 Å². The van der Waals surface area contributed by atoms with Crippen molar-refractivity contribution in [1.29, 1.82) is 0 Å². The maximum absolute atomic E-state index is 10.2. The van der Waals surface area contributed by atoms with Gasteiger partial charge in [0.25, 0.3) is 0 Å². The van der Waals surface area contributed by atoms with Gasteiger partial charge in [-0.15, -0.1) is 0 Å². The van der Waals surface area contributed by atoms with E-state index in [2.05, 4.69) is 14.7 Å². The van der Waals surface area contributed by atoms with Gasteiger partial charge in [-0.2, -0.15) is 0 Å². The third-order valence-electron chi connectivity index (χ3n) is 1.39. The van der Waals surface area contributed by atoms with Crippen molar-refractivity contribution in [2.45, 2.75) is 20.4 Å². The molecular formula is C7H11N3O2S. The molecule has 13 heavy (non-hydrogen) atoms. The zero-order valence-electron chi connectivity index (χ0n) is 7.44. The van der Waals surface area contributed by atoms with E-state index in [9.17, 15) is 8.42 Å². The van der Waals surface area contributed by atoms with Crippen LogP contribution in [0.3, 0.4) is 0 Å². The molecule has 0 fully saturated rings. The third-order valence-corrected chi connectivity index (χ3v) is 1.81. The summed E-state index contributed by atoms with van der Waals surface area (Å²) >= 11 is 0. The van der Waals surface area contributed by atoms with Crippen molar-refractivity contribution in [3.05, 3.63) is 23.3 Å². The molecule has 0 aliphatic rings. The van der Waals surface area contributed by atoms with Gasteiger partial charge in [0.1, 0.15) is 5.82 Å². The van der Waals surface area contributed by atoms with E-state index in [-0.39, 0.29) is 6.54 Å². The fourth-order valence-corrected chi connectivity index (χ4v) is 1.28. The van der Waals surface area contributed by atoms with E-state index in [0.717, 1.165) is 11.4 Å². The second kappa shape index (κ2) is 4.29. The summed E-state index contributed by atoms with van der Waals surface area (Å²) in [7, 11) is -2.57. The van der Waals surface area contributed by atoms with Crippen molar-refractivity contribution >= 4 is 10.9 Å². The minimum absolute atomic E-state index is 0.154. The highest BCUT2D eigenvalue weighted by Crippen LogP contribution is 1.98. The van der Waals surface area contributed by atoms with E-state index in [4.69, 9.17) is 0 Å². The lowest BCUT2D eigenvalue weighted by atomic mass is 10.3. The van der Waals surface area contributed by atoms with Crippen LogP contribution in [0.25, 0.3) is 0 Å². The number of aryl methyl sites for hydroxylation is 2. The van der Waals surface area contributed by atoms with Crippen LogP contribution in [-0.2, 0) is 17.4 Å². The average molecular weight is 201 g/mol. The van der Waals surface area contributed by atoms with E-state index in [1.54, 1.807) is 0 Å². The molecule has 0 amide bonds. The van der Waals surface area contributed by atoms with Crippen molar-refractivity contribution in [3.8, 4) is 0 Å². The van der Waals surface area contributed by atoms with Gasteiger partial charge in [0, 0.05) is 11.4 Å². The lowest BCUT2D eigenvalue weighted by molar-refractivity contribution is 0.599. The van der Waals surface area contributed by atoms with Crippen molar-refractivity contribution in [3.63, 3.8) is 0 Å². The van der Waals surface area contributed by atoms with E-state index in [1.165, 1.54) is 0 Å². The number of nitrogens with zero attached hydrogens (tertiary/aromatic N) is 2. The predicted octanol–water partition coefficient (Wildman–Crippen LogP) is -0.291. The van der Waals surface area contributed by atoms with Gasteiger partial charge in [-0.25, -0.2) is 23.1 Å². The first kappa shape index (κ1) is 10.1. The lowest BCUT2D eigenvalue weighted by Gasteiger charge is -2.00. The van der Waals surface area contributed by atoms with Crippen LogP contribution in [0.4, 0.5) is 0 Å². The van der Waals surface area contributed by atoms with Crippen LogP contribution in [0, 0.1) is 13.8 Å². The van der Waals surface area contributed by atoms with Gasteiger partial charge in [0.2, 0.25) is 10.9 Å². The molecule has 0 saturated carbocycles. The molecule has 1 heterocycles. The Morgan fingerprint density at radius 3 is 2.31 bits per heavy atom. The Bertz CT molecular complexity index is 348. The number of aromatic nitrogens is 2. The van der Waals surface area contributed by atoms with Crippen LogP contribution >= 0.6 is 0 Å². The molecule has 6 heteroatoms. The van der Waals surface area contributed by atoms with Crippen molar-refractivity contribution < 1.29 is 8.42 Å². The summed E-state index contributed by atoms with van der Waals surface area (Å²) in [6.45, 7) is 3.84. The number of rotatable bonds is 3. The molecule has 0 saturated heterocycles. The van der Waals surface area contributed by atoms with Crippen LogP contribution in [-0.4, -0.2) is 18.4 Å². The number of hydrogen-bond donors (Lipinski definition) is 2. The van der Waals surface area contributed by atoms with E-state index in [0.29, 0.717) is 5.82 Å². The Morgan fingerprint density at radius 1 is 1.31 bits per heavy atom. The van der Waals surface area contributed by atoms with Crippen LogP contribution in [0.1, 0.15) is 17.2 Å². The van der Waals surface area contributed by atoms with Gasteiger partial charge in [-0.3, -0.25) is 0 Å². The summed E-state index contributed by atoms with van der Waals surface area (Å²) in [5.41, 5.74) is 1.68. The van der Waals surface area contributed by atoms with Crippen molar-refractivity contribution in [2.24, 2.45) is 0 Å². The molecule has 0 spiro atoms. The van der Waals surface area contributed by atoms with Crippen molar-refractivity contribution in [1.82, 2.24) is 14.7 Å². The predicted molar refractivity (Wildman–Crippen MR) is 48.7 cm³/mol. The molecule has 0 unspecified atom stereocenters. The van der Waals surface area contributed by atoms with Crippen LogP contribution in [0.15, 0.2) is 6.07 Å². The molecular weight excluding hydrogens is 190 g/mol. The first-order chi connectivity index (χ1) is 6.08. The average Bonchev–Trinajstić information content (AvgIpc) is 1.99. The molecule has 1 aromatic heterocycles. The topological polar surface area (TPSA) is 72.0 Å². The molecule has 0 aliphatic carbocycles. The zero-order chi connectivity index (χ0) is 9.84. The molecule has 1 rings (SSSR count). The van der Waals surface area contributed by atoms with Crippen LogP contribution in [0.2, 0.25) is 0 Å². The zero-order valence-corrected chi connectivity index (χ0v) is 8.34. The summed E-state index contributed by atoms with van der Waals surface area (Å²) < 4.78 is 22.7. The number of nitrogens with one attached hydrogen (secondary N) is 1. The maximum atomic E-state index is 10.2. The monoisotopic (exact) mass is 201 g/mol. The molecule has 1 N–H and O–H groups in total. The molecule has 0 aliphatic heterocycles. The molecule has 0 aromatic carbocycles. The highest BCUT2D eigenvalue weighted by Gasteiger charge is 1.98. The lowest BCUT2D eigenvalue weighted by Crippen LogP contribution is -2.13. The Labute approximate surface area is 78.3 Å². The number of thiol groups is 1. The van der Waals surface area contributed by atoms with Gasteiger partial charge >= 0.3 is 0 Å². The Balaban J connectivity index is 2.77. The maximum Gasteiger partial charge on any atom is 0.201 e. The Hall–Kier alpha value is -1.01. The molecule has 5 nitrogen and oxygen atoms in total. The van der Waals surface area contributed by atoms with Crippen molar-refractivity contribution in [2.75, 3.05) is 0 Å². The normalized spacial score (nSPS) is 10.7. The summed E-state index contributed by atoms with van der Waals surface area (Å²) in [6.07, 6.45) is 0. The van der Waals surface area contributed by atoms with Gasteiger partial charge < -0.3 is 0 Å². The number of hydrogen-bond acceptors (Lipinski definition) is 4. The first-order valence-electron chi connectivity index (χ1n) is 3.77. The van der Waals surface area contributed by atoms with E-state index < -0.39 is 10.9 Å². The minimum atomic E-state index is -2.57. The summed E-state index contributed by atoms with van der Waals surface area (Å²) in [5.74, 6) is 0.497. The summed E-state index contributed by atoms with van der Waals surface area (Å²) in [5, 5.41) is 0. The van der Waals surface area contributed by atoms with Crippen LogP contribution in [0.5, 0.6) is 0 Å². The van der Waals surface area contributed by atoms with Gasteiger partial charge in [0.15, 0.2) is 0 Å². The highest BCUT2D eigenvalue weighted by atomic mass is 32.2. The molecule has 0 atom stereocenters. The minimum Gasteiger partial charge on any atom is -0.237 e. The third kappa shape index (κ3) is 3.47. The highest BCUT2D eigenvalue weighted by molar-refractivity contribution is 7.70. The van der Waals surface area contributed by atoms with Crippen LogP contribution < -0.4 is 4.72 Å². The largest absolute Gasteiger partial charge is 0.237 e. The fourth-order valence-electron chi connectivity index (χ4n) is 1.01. The molecule has 0 bridgehead atoms. The Kier molecular flexibility index (Phi) is 3.32. The van der Waals surface area contributed by atoms with Gasteiger partial charge in [0.05, 0.1) is 6.54 Å². The van der Waals surface area contributed by atoms with Gasteiger partial charge in [-0.05, 0) is 19.9 Å². The quantitative estimate of drug-likeness (QED) is 0.659.